The highest BCUT2D eigenvalue weighted by Crippen LogP contribution is 2.26. The van der Waals surface area contributed by atoms with Crippen LogP contribution in [0.5, 0.6) is 0 Å². The molecule has 0 radical (unpaired) electrons. The zero-order valence-electron chi connectivity index (χ0n) is 12.3. The van der Waals surface area contributed by atoms with Crippen LogP contribution in [0.4, 0.5) is 5.69 Å². The summed E-state index contributed by atoms with van der Waals surface area (Å²) < 4.78 is 1.63. The lowest BCUT2D eigenvalue weighted by Gasteiger charge is -2.36. The summed E-state index contributed by atoms with van der Waals surface area (Å²) >= 11 is 0. The third-order valence-corrected chi connectivity index (χ3v) is 4.10. The third kappa shape index (κ3) is 2.46. The number of amides is 1. The van der Waals surface area contributed by atoms with Crippen LogP contribution in [0.3, 0.4) is 0 Å². The minimum atomic E-state index is 0.0200. The van der Waals surface area contributed by atoms with Crippen molar-refractivity contribution in [3.63, 3.8) is 0 Å². The van der Waals surface area contributed by atoms with Gasteiger partial charge in [0, 0.05) is 19.6 Å². The number of nitrogens with two attached hydrogens (primary N) is 1. The fourth-order valence-electron chi connectivity index (χ4n) is 2.96. The number of rotatable bonds is 2. The molecule has 2 rings (SSSR count). The van der Waals surface area contributed by atoms with Gasteiger partial charge in [-0.2, -0.15) is 5.10 Å². The van der Waals surface area contributed by atoms with E-state index in [-0.39, 0.29) is 11.9 Å². The summed E-state index contributed by atoms with van der Waals surface area (Å²) in [5, 5.41) is 4.33. The molecule has 0 spiro atoms. The maximum atomic E-state index is 12.7. The van der Waals surface area contributed by atoms with Crippen LogP contribution in [0.1, 0.15) is 49.8 Å². The van der Waals surface area contributed by atoms with Crippen LogP contribution >= 0.6 is 0 Å². The number of hydrogen-bond donors (Lipinski definition) is 1. The summed E-state index contributed by atoms with van der Waals surface area (Å²) in [6, 6.07) is 0.274. The van der Waals surface area contributed by atoms with Gasteiger partial charge in [0.25, 0.3) is 5.91 Å². The number of nitrogen functional groups attached to an aromatic ring is 1. The number of aryl methyl sites for hydroxylation is 2. The molecule has 1 aromatic heterocycles. The van der Waals surface area contributed by atoms with E-state index < -0.39 is 0 Å². The molecule has 0 aliphatic carbocycles. The highest BCUT2D eigenvalue weighted by Gasteiger charge is 2.30. The Kier molecular flexibility index (Phi) is 3.83. The van der Waals surface area contributed by atoms with Crippen molar-refractivity contribution in [1.29, 1.82) is 0 Å². The number of likely N-dealkylation sites (tertiary alicyclic amines) is 1. The molecule has 1 fully saturated rings. The smallest absolute Gasteiger partial charge is 0.274 e. The molecule has 1 aliphatic rings. The average molecular weight is 264 g/mol. The van der Waals surface area contributed by atoms with Crippen molar-refractivity contribution < 1.29 is 4.79 Å². The molecular formula is C14H24N4O. The average Bonchev–Trinajstić information content (AvgIpc) is 2.63. The Hall–Kier alpha value is -1.52. The highest BCUT2D eigenvalue weighted by atomic mass is 16.2. The quantitative estimate of drug-likeness (QED) is 0.886. The van der Waals surface area contributed by atoms with E-state index in [0.717, 1.165) is 31.5 Å². The van der Waals surface area contributed by atoms with Crippen LogP contribution in [-0.2, 0) is 13.5 Å². The first kappa shape index (κ1) is 13.9. The van der Waals surface area contributed by atoms with Crippen LogP contribution in [0.15, 0.2) is 0 Å². The highest BCUT2D eigenvalue weighted by molar-refractivity contribution is 5.98. The maximum Gasteiger partial charge on any atom is 0.274 e. The van der Waals surface area contributed by atoms with Gasteiger partial charge >= 0.3 is 0 Å². The van der Waals surface area contributed by atoms with E-state index in [2.05, 4.69) is 18.9 Å². The second kappa shape index (κ2) is 5.23. The number of nitrogens with zero attached hydrogens (tertiary/aromatic N) is 3. The van der Waals surface area contributed by atoms with Crippen molar-refractivity contribution in [3.8, 4) is 0 Å². The molecule has 5 nitrogen and oxygen atoms in total. The van der Waals surface area contributed by atoms with Crippen molar-refractivity contribution in [2.45, 2.75) is 46.1 Å². The van der Waals surface area contributed by atoms with Crippen molar-refractivity contribution in [3.05, 3.63) is 11.4 Å². The van der Waals surface area contributed by atoms with Gasteiger partial charge in [-0.3, -0.25) is 9.48 Å². The predicted molar refractivity (Wildman–Crippen MR) is 75.9 cm³/mol. The molecule has 0 aromatic carbocycles. The number of hydrogen-bond acceptors (Lipinski definition) is 3. The topological polar surface area (TPSA) is 64.2 Å². The zero-order chi connectivity index (χ0) is 14.2. The first-order valence-electron chi connectivity index (χ1n) is 7.08. The van der Waals surface area contributed by atoms with Crippen molar-refractivity contribution >= 4 is 11.6 Å². The molecule has 1 aromatic rings. The molecule has 19 heavy (non-hydrogen) atoms. The van der Waals surface area contributed by atoms with Gasteiger partial charge in [-0.25, -0.2) is 0 Å². The molecule has 2 N–H and O–H groups in total. The van der Waals surface area contributed by atoms with Crippen LogP contribution in [0.25, 0.3) is 0 Å². The van der Waals surface area contributed by atoms with Gasteiger partial charge in [0.2, 0.25) is 0 Å². The van der Waals surface area contributed by atoms with Crippen LogP contribution in [-0.4, -0.2) is 33.2 Å². The van der Waals surface area contributed by atoms with E-state index in [0.29, 0.717) is 17.3 Å². The van der Waals surface area contributed by atoms with Gasteiger partial charge in [0.15, 0.2) is 0 Å². The predicted octanol–water partition coefficient (Wildman–Crippen LogP) is 1.83. The Balaban J connectivity index is 2.27. The summed E-state index contributed by atoms with van der Waals surface area (Å²) in [6.07, 6.45) is 2.87. The molecule has 1 saturated heterocycles. The number of aromatic nitrogens is 2. The Bertz CT molecular complexity index is 480. The van der Waals surface area contributed by atoms with Gasteiger partial charge in [-0.15, -0.1) is 0 Å². The van der Waals surface area contributed by atoms with Crippen molar-refractivity contribution in [1.82, 2.24) is 14.7 Å². The normalized spacial score (nSPS) is 23.7. The number of carbonyl (C=O) groups excluding carboxylic acids is 1. The lowest BCUT2D eigenvalue weighted by molar-refractivity contribution is 0.0578. The summed E-state index contributed by atoms with van der Waals surface area (Å²) in [4.78, 5) is 14.6. The van der Waals surface area contributed by atoms with Crippen LogP contribution in [0, 0.1) is 5.92 Å². The van der Waals surface area contributed by atoms with E-state index in [4.69, 9.17) is 5.73 Å². The second-order valence-corrected chi connectivity index (χ2v) is 5.66. The molecule has 0 saturated carbocycles. The van der Waals surface area contributed by atoms with Gasteiger partial charge < -0.3 is 10.6 Å². The van der Waals surface area contributed by atoms with E-state index in [1.165, 1.54) is 0 Å². The second-order valence-electron chi connectivity index (χ2n) is 5.66. The van der Waals surface area contributed by atoms with E-state index in [9.17, 15) is 4.79 Å². The first-order valence-corrected chi connectivity index (χ1v) is 7.08. The zero-order valence-corrected chi connectivity index (χ0v) is 12.3. The van der Waals surface area contributed by atoms with Gasteiger partial charge in [0.1, 0.15) is 5.69 Å². The molecule has 1 aliphatic heterocycles. The summed E-state index contributed by atoms with van der Waals surface area (Å²) in [7, 11) is 1.79. The summed E-state index contributed by atoms with van der Waals surface area (Å²) in [5.41, 5.74) is 7.96. The fraction of sp³-hybridized carbons (Fsp3) is 0.714. The van der Waals surface area contributed by atoms with Crippen LogP contribution in [0.2, 0.25) is 0 Å². The molecule has 2 unspecified atom stereocenters. The molecule has 5 heteroatoms. The summed E-state index contributed by atoms with van der Waals surface area (Å²) in [6.45, 7) is 7.16. The Morgan fingerprint density at radius 1 is 1.47 bits per heavy atom. The number of piperidine rings is 1. The Labute approximate surface area is 114 Å². The Morgan fingerprint density at radius 3 is 2.68 bits per heavy atom. The summed E-state index contributed by atoms with van der Waals surface area (Å²) in [5.74, 6) is 0.709. The van der Waals surface area contributed by atoms with Crippen molar-refractivity contribution in [2.75, 3.05) is 12.3 Å². The first-order chi connectivity index (χ1) is 8.95. The molecule has 106 valence electrons. The minimum Gasteiger partial charge on any atom is -0.395 e. The van der Waals surface area contributed by atoms with Crippen LogP contribution < -0.4 is 5.73 Å². The number of carbonyl (C=O) groups is 1. The third-order valence-electron chi connectivity index (χ3n) is 4.10. The SMILES string of the molecule is CCc1nn(C)c(C(=O)N2CCC(C)CC2C)c1N. The van der Waals surface area contributed by atoms with E-state index >= 15 is 0 Å². The van der Waals surface area contributed by atoms with Crippen molar-refractivity contribution in [2.24, 2.45) is 13.0 Å². The van der Waals surface area contributed by atoms with Gasteiger partial charge in [0.05, 0.1) is 11.4 Å². The number of anilines is 1. The molecule has 1 amide bonds. The standard InChI is InChI=1S/C14H24N4O/c1-5-11-12(15)13(17(4)16-11)14(19)18-7-6-9(2)8-10(18)3/h9-10H,5-8,15H2,1-4H3. The monoisotopic (exact) mass is 264 g/mol. The molecule has 2 heterocycles. The fourth-order valence-corrected chi connectivity index (χ4v) is 2.96. The molecule has 0 bridgehead atoms. The van der Waals surface area contributed by atoms with Gasteiger partial charge in [-0.05, 0) is 32.1 Å². The van der Waals surface area contributed by atoms with Gasteiger partial charge in [-0.1, -0.05) is 13.8 Å². The molecule has 2 atom stereocenters. The Morgan fingerprint density at radius 2 is 2.16 bits per heavy atom. The van der Waals surface area contributed by atoms with E-state index in [1.54, 1.807) is 11.7 Å². The van der Waals surface area contributed by atoms with E-state index in [1.807, 2.05) is 11.8 Å². The molecular weight excluding hydrogens is 240 g/mol. The largest absolute Gasteiger partial charge is 0.395 e. The maximum absolute atomic E-state index is 12.7. The lowest BCUT2D eigenvalue weighted by Crippen LogP contribution is -2.44. The lowest BCUT2D eigenvalue weighted by atomic mass is 9.93. The minimum absolute atomic E-state index is 0.0200.